The van der Waals surface area contributed by atoms with Crippen LogP contribution in [0.15, 0.2) is 6.20 Å². The highest BCUT2D eigenvalue weighted by molar-refractivity contribution is 6.29. The van der Waals surface area contributed by atoms with Gasteiger partial charge in [-0.15, -0.1) is 0 Å². The second-order valence-corrected chi connectivity index (χ2v) is 4.76. The fourth-order valence-corrected chi connectivity index (χ4v) is 2.18. The third kappa shape index (κ3) is 2.82. The summed E-state index contributed by atoms with van der Waals surface area (Å²) in [6.07, 6.45) is 3.70. The van der Waals surface area contributed by atoms with Crippen LogP contribution < -0.4 is 11.1 Å². The summed E-state index contributed by atoms with van der Waals surface area (Å²) in [6, 6.07) is -0.647. The van der Waals surface area contributed by atoms with Crippen LogP contribution in [0, 0.1) is 0 Å². The predicted molar refractivity (Wildman–Crippen MR) is 67.1 cm³/mol. The summed E-state index contributed by atoms with van der Waals surface area (Å²) in [5.74, 6) is 0.0452. The Bertz CT molecular complexity index is 429. The minimum atomic E-state index is -0.647. The topological polar surface area (TPSA) is 82.2 Å². The minimum Gasteiger partial charge on any atom is -0.377 e. The van der Waals surface area contributed by atoms with E-state index in [2.05, 4.69) is 10.3 Å². The fraction of sp³-hybridized carbons (Fsp3) is 0.636. The van der Waals surface area contributed by atoms with Crippen LogP contribution in [0.1, 0.15) is 24.7 Å². The van der Waals surface area contributed by atoms with E-state index >= 15 is 0 Å². The second-order valence-electron chi connectivity index (χ2n) is 4.38. The number of rotatable bonds is 5. The van der Waals surface area contributed by atoms with E-state index in [-0.39, 0.29) is 6.10 Å². The zero-order chi connectivity index (χ0) is 13.1. The van der Waals surface area contributed by atoms with Gasteiger partial charge in [-0.1, -0.05) is 11.6 Å². The molecule has 1 saturated heterocycles. The van der Waals surface area contributed by atoms with Crippen LogP contribution in [0.25, 0.3) is 0 Å². The van der Waals surface area contributed by atoms with Gasteiger partial charge in [0.15, 0.2) is 0 Å². The molecule has 0 bridgehead atoms. The quantitative estimate of drug-likeness (QED) is 0.811. The van der Waals surface area contributed by atoms with Gasteiger partial charge < -0.3 is 15.0 Å². The molecule has 1 amide bonds. The van der Waals surface area contributed by atoms with Crippen LogP contribution in [0.4, 0.5) is 0 Å². The molecule has 2 rings (SSSR count). The van der Waals surface area contributed by atoms with Crippen LogP contribution >= 0.6 is 11.6 Å². The Morgan fingerprint density at radius 3 is 3.11 bits per heavy atom. The molecule has 100 valence electrons. The van der Waals surface area contributed by atoms with Crippen molar-refractivity contribution in [3.05, 3.63) is 17.2 Å². The average Bonchev–Trinajstić information content (AvgIpc) is 2.93. The maximum atomic E-state index is 11.5. The van der Waals surface area contributed by atoms with E-state index in [1.165, 1.54) is 6.20 Å². The monoisotopic (exact) mass is 272 g/mol. The lowest BCUT2D eigenvalue weighted by molar-refractivity contribution is -0.120. The number of hydrogen-bond donors (Lipinski definition) is 2. The first-order valence-electron chi connectivity index (χ1n) is 5.91. The number of nitrogens with zero attached hydrogens (tertiary/aromatic N) is 2. The summed E-state index contributed by atoms with van der Waals surface area (Å²) in [6.45, 7) is 1.36. The van der Waals surface area contributed by atoms with Crippen molar-refractivity contribution in [2.45, 2.75) is 25.0 Å². The molecule has 0 spiro atoms. The minimum absolute atomic E-state index is 0.141. The number of aromatic nitrogens is 2. The molecule has 18 heavy (non-hydrogen) atoms. The predicted octanol–water partition coefficient (Wildman–Crippen LogP) is 0.368. The first-order valence-corrected chi connectivity index (χ1v) is 6.29. The number of hydrogen-bond acceptors (Lipinski definition) is 4. The van der Waals surface area contributed by atoms with E-state index in [0.717, 1.165) is 19.4 Å². The smallest absolute Gasteiger partial charge is 0.242 e. The highest BCUT2D eigenvalue weighted by Crippen LogP contribution is 2.17. The summed E-state index contributed by atoms with van der Waals surface area (Å²) in [4.78, 5) is 15.6. The number of ether oxygens (including phenoxy) is 1. The van der Waals surface area contributed by atoms with E-state index in [0.29, 0.717) is 17.5 Å². The Balaban J connectivity index is 2.03. The lowest BCUT2D eigenvalue weighted by atomic mass is 10.2. The van der Waals surface area contributed by atoms with Crippen molar-refractivity contribution in [2.24, 2.45) is 12.8 Å². The zero-order valence-corrected chi connectivity index (χ0v) is 11.0. The second kappa shape index (κ2) is 5.69. The molecule has 0 aliphatic carbocycles. The summed E-state index contributed by atoms with van der Waals surface area (Å²) in [7, 11) is 1.74. The van der Waals surface area contributed by atoms with Gasteiger partial charge in [0, 0.05) is 20.2 Å². The number of primary amides is 1. The Morgan fingerprint density at radius 1 is 1.83 bits per heavy atom. The van der Waals surface area contributed by atoms with Gasteiger partial charge in [0.05, 0.1) is 12.3 Å². The zero-order valence-electron chi connectivity index (χ0n) is 10.2. The Kier molecular flexibility index (Phi) is 4.21. The van der Waals surface area contributed by atoms with Crippen molar-refractivity contribution in [2.75, 3.05) is 13.2 Å². The summed E-state index contributed by atoms with van der Waals surface area (Å²) in [5.41, 5.74) is 5.39. The molecule has 3 N–H and O–H groups in total. The number of imidazole rings is 1. The van der Waals surface area contributed by atoms with Crippen molar-refractivity contribution in [3.63, 3.8) is 0 Å². The maximum absolute atomic E-state index is 11.5. The lowest BCUT2D eigenvalue weighted by Crippen LogP contribution is -2.39. The van der Waals surface area contributed by atoms with Gasteiger partial charge in [-0.25, -0.2) is 4.98 Å². The third-order valence-corrected chi connectivity index (χ3v) is 3.43. The van der Waals surface area contributed by atoms with Gasteiger partial charge in [-0.2, -0.15) is 0 Å². The van der Waals surface area contributed by atoms with Crippen LogP contribution in [0.2, 0.25) is 5.15 Å². The highest BCUT2D eigenvalue weighted by Gasteiger charge is 2.25. The summed E-state index contributed by atoms with van der Waals surface area (Å²) in [5, 5.41) is 3.56. The van der Waals surface area contributed by atoms with Gasteiger partial charge in [0.2, 0.25) is 5.91 Å². The molecule has 0 saturated carbocycles. The van der Waals surface area contributed by atoms with Crippen molar-refractivity contribution >= 4 is 17.5 Å². The number of carbonyl (C=O) groups excluding carboxylic acids is 1. The molecule has 1 aliphatic rings. The Morgan fingerprint density at radius 2 is 2.61 bits per heavy atom. The van der Waals surface area contributed by atoms with E-state index < -0.39 is 11.9 Å². The molecule has 2 heterocycles. The molecule has 0 radical (unpaired) electrons. The van der Waals surface area contributed by atoms with Crippen molar-refractivity contribution < 1.29 is 9.53 Å². The van der Waals surface area contributed by atoms with Crippen molar-refractivity contribution in [1.29, 1.82) is 0 Å². The third-order valence-electron chi connectivity index (χ3n) is 3.08. The number of amides is 1. The SMILES string of the molecule is Cn1c(Cl)cnc1C(NCC1CCCO1)C(N)=O. The van der Waals surface area contributed by atoms with Crippen molar-refractivity contribution in [3.8, 4) is 0 Å². The van der Waals surface area contributed by atoms with Crippen molar-refractivity contribution in [1.82, 2.24) is 14.9 Å². The molecule has 2 unspecified atom stereocenters. The number of nitrogens with one attached hydrogen (secondary N) is 1. The summed E-state index contributed by atoms with van der Waals surface area (Å²) >= 11 is 5.90. The molecule has 1 fully saturated rings. The van der Waals surface area contributed by atoms with Crippen LogP contribution in [0.3, 0.4) is 0 Å². The molecular formula is C11H17ClN4O2. The molecule has 1 aliphatic heterocycles. The van der Waals surface area contributed by atoms with E-state index in [1.807, 2.05) is 0 Å². The molecule has 2 atom stereocenters. The van der Waals surface area contributed by atoms with Gasteiger partial charge in [-0.3, -0.25) is 10.1 Å². The average molecular weight is 273 g/mol. The standard InChI is InChI=1S/C11H17ClN4O2/c1-16-8(12)6-15-11(16)9(10(13)17)14-5-7-3-2-4-18-7/h6-7,9,14H,2-5H2,1H3,(H2,13,17). The molecule has 7 heteroatoms. The number of halogens is 1. The maximum Gasteiger partial charge on any atom is 0.242 e. The first-order chi connectivity index (χ1) is 8.59. The van der Waals surface area contributed by atoms with Crippen LogP contribution in [0.5, 0.6) is 0 Å². The van der Waals surface area contributed by atoms with Crippen LogP contribution in [-0.4, -0.2) is 34.7 Å². The van der Waals surface area contributed by atoms with Crippen LogP contribution in [-0.2, 0) is 16.6 Å². The Hall–Kier alpha value is -1.11. The van der Waals surface area contributed by atoms with E-state index in [1.54, 1.807) is 11.6 Å². The molecule has 1 aromatic rings. The Labute approximate surface area is 110 Å². The lowest BCUT2D eigenvalue weighted by Gasteiger charge is -2.18. The molecule has 0 aromatic carbocycles. The number of carbonyl (C=O) groups is 1. The number of nitrogens with two attached hydrogens (primary N) is 1. The van der Waals surface area contributed by atoms with E-state index in [9.17, 15) is 4.79 Å². The van der Waals surface area contributed by atoms with E-state index in [4.69, 9.17) is 22.1 Å². The van der Waals surface area contributed by atoms with Gasteiger partial charge in [0.1, 0.15) is 17.0 Å². The summed E-state index contributed by atoms with van der Waals surface area (Å²) < 4.78 is 7.12. The molecule has 6 nitrogen and oxygen atoms in total. The normalized spacial score (nSPS) is 21.1. The fourth-order valence-electron chi connectivity index (χ4n) is 2.04. The molecule has 1 aromatic heterocycles. The highest BCUT2D eigenvalue weighted by atomic mass is 35.5. The first kappa shape index (κ1) is 13.3. The molecular weight excluding hydrogens is 256 g/mol. The van der Waals surface area contributed by atoms with Gasteiger partial charge in [0.25, 0.3) is 0 Å². The van der Waals surface area contributed by atoms with Gasteiger partial charge in [-0.05, 0) is 12.8 Å². The largest absolute Gasteiger partial charge is 0.377 e. The van der Waals surface area contributed by atoms with Gasteiger partial charge >= 0.3 is 0 Å².